The Bertz CT molecular complexity index is 1120. The number of halogens is 3. The maximum absolute atomic E-state index is 12.8. The van der Waals surface area contributed by atoms with Crippen LogP contribution in [0, 0.1) is 0 Å². The van der Waals surface area contributed by atoms with E-state index in [2.05, 4.69) is 26.9 Å². The van der Waals surface area contributed by atoms with Crippen LogP contribution in [-0.2, 0) is 24.0 Å². The zero-order valence-electron chi connectivity index (χ0n) is 16.9. The third-order valence-electron chi connectivity index (χ3n) is 4.27. The van der Waals surface area contributed by atoms with Crippen molar-refractivity contribution < 1.29 is 42.3 Å². The van der Waals surface area contributed by atoms with Crippen molar-refractivity contribution in [3.8, 4) is 0 Å². The molecular formula is C17H14F3N5O6S3. The molecule has 0 aliphatic carbocycles. The van der Waals surface area contributed by atoms with Gasteiger partial charge in [-0.3, -0.25) is 24.6 Å². The fraction of sp³-hybridized carbons (Fsp3) is 0.294. The second-order valence-corrected chi connectivity index (χ2v) is 9.36. The molecule has 11 nitrogen and oxygen atoms in total. The standard InChI is InChI=1S/C17H14F3N5O6S3/c1-3-32-7-5-33-13-9(12(27)25(13)10(7)14(28)29)22-11(26)8(24-31-2)6-4-34-16(21-6)23-15(30)17(18,19)20/h3-4,9,13H,1,5H2,2H3,(H,22,26)(H,28,29)(H,21,23,30)/t9?,13-/m0/s1. The smallest absolute Gasteiger partial charge is 0.471 e. The fourth-order valence-electron chi connectivity index (χ4n) is 2.90. The lowest BCUT2D eigenvalue weighted by atomic mass is 10.0. The zero-order chi connectivity index (χ0) is 25.2. The van der Waals surface area contributed by atoms with Gasteiger partial charge in [0.25, 0.3) is 11.8 Å². The molecule has 2 aliphatic rings. The molecule has 1 fully saturated rings. The number of amides is 3. The molecule has 3 N–H and O–H groups in total. The predicted octanol–water partition coefficient (Wildman–Crippen LogP) is 1.57. The molecule has 1 unspecified atom stereocenters. The van der Waals surface area contributed by atoms with Gasteiger partial charge in [0.15, 0.2) is 10.8 Å². The van der Waals surface area contributed by atoms with Gasteiger partial charge in [-0.1, -0.05) is 23.5 Å². The number of anilines is 1. The molecule has 3 rings (SSSR count). The number of rotatable bonds is 8. The molecule has 0 aromatic carbocycles. The van der Waals surface area contributed by atoms with E-state index in [1.54, 1.807) is 5.32 Å². The summed E-state index contributed by atoms with van der Waals surface area (Å²) in [7, 11) is 1.11. The van der Waals surface area contributed by atoms with Crippen LogP contribution < -0.4 is 10.6 Å². The number of carbonyl (C=O) groups is 4. The first-order valence-electron chi connectivity index (χ1n) is 8.94. The first-order valence-corrected chi connectivity index (χ1v) is 11.7. The molecule has 3 heterocycles. The quantitative estimate of drug-likeness (QED) is 0.255. The molecule has 2 aliphatic heterocycles. The summed E-state index contributed by atoms with van der Waals surface area (Å²) in [4.78, 5) is 58.0. The van der Waals surface area contributed by atoms with Crippen LogP contribution in [0.2, 0.25) is 0 Å². The van der Waals surface area contributed by atoms with Gasteiger partial charge in [0.05, 0.1) is 0 Å². The molecule has 1 aromatic rings. The van der Waals surface area contributed by atoms with Crippen LogP contribution in [0.1, 0.15) is 5.69 Å². The van der Waals surface area contributed by atoms with Crippen LogP contribution in [0.5, 0.6) is 0 Å². The highest BCUT2D eigenvalue weighted by Gasteiger charge is 2.54. The summed E-state index contributed by atoms with van der Waals surface area (Å²) >= 11 is 2.92. The molecular weight excluding hydrogens is 523 g/mol. The van der Waals surface area contributed by atoms with Gasteiger partial charge in [-0.25, -0.2) is 9.78 Å². The number of nitrogens with zero attached hydrogens (tertiary/aromatic N) is 3. The maximum Gasteiger partial charge on any atom is 0.471 e. The Morgan fingerprint density at radius 3 is 2.74 bits per heavy atom. The zero-order valence-corrected chi connectivity index (χ0v) is 19.4. The topological polar surface area (TPSA) is 150 Å². The van der Waals surface area contributed by atoms with Crippen molar-refractivity contribution in [1.29, 1.82) is 0 Å². The van der Waals surface area contributed by atoms with Gasteiger partial charge in [0.1, 0.15) is 29.9 Å². The number of alkyl halides is 3. The first-order chi connectivity index (χ1) is 16.0. The van der Waals surface area contributed by atoms with Crippen molar-refractivity contribution in [3.05, 3.63) is 33.7 Å². The number of fused-ring (bicyclic) bond motifs is 1. The van der Waals surface area contributed by atoms with Gasteiger partial charge >= 0.3 is 18.1 Å². The summed E-state index contributed by atoms with van der Waals surface area (Å²) in [5.41, 5.74) is -0.868. The number of β-lactam (4-membered cyclic amide) rings is 1. The lowest BCUT2D eigenvalue weighted by molar-refractivity contribution is -0.167. The van der Waals surface area contributed by atoms with E-state index in [0.717, 1.165) is 29.2 Å². The Balaban J connectivity index is 1.75. The number of thioether (sulfide) groups is 2. The van der Waals surface area contributed by atoms with E-state index in [1.807, 2.05) is 0 Å². The van der Waals surface area contributed by atoms with Crippen molar-refractivity contribution in [2.75, 3.05) is 18.2 Å². The molecule has 1 aromatic heterocycles. The molecule has 34 heavy (non-hydrogen) atoms. The second-order valence-electron chi connectivity index (χ2n) is 6.33. The lowest BCUT2D eigenvalue weighted by Gasteiger charge is -2.49. The monoisotopic (exact) mass is 537 g/mol. The van der Waals surface area contributed by atoms with E-state index >= 15 is 0 Å². The highest BCUT2D eigenvalue weighted by molar-refractivity contribution is 8.08. The van der Waals surface area contributed by atoms with E-state index in [0.29, 0.717) is 16.2 Å². The fourth-order valence-corrected chi connectivity index (χ4v) is 5.75. The minimum atomic E-state index is -5.13. The van der Waals surface area contributed by atoms with Crippen LogP contribution in [-0.4, -0.2) is 74.8 Å². The molecule has 17 heteroatoms. The van der Waals surface area contributed by atoms with E-state index < -0.39 is 52.1 Å². The maximum atomic E-state index is 12.8. The van der Waals surface area contributed by atoms with Crippen LogP contribution in [0.15, 0.2) is 33.1 Å². The van der Waals surface area contributed by atoms with Gasteiger partial charge in [0.2, 0.25) is 0 Å². The Morgan fingerprint density at radius 1 is 1.44 bits per heavy atom. The summed E-state index contributed by atoms with van der Waals surface area (Å²) < 4.78 is 37.3. The number of aliphatic carboxylic acids is 1. The first kappa shape index (κ1) is 25.6. The largest absolute Gasteiger partial charge is 0.477 e. The number of hydrogen-bond donors (Lipinski definition) is 3. The number of carbonyl (C=O) groups excluding carboxylic acids is 3. The Labute approximate surface area is 201 Å². The van der Waals surface area contributed by atoms with Crippen molar-refractivity contribution in [1.82, 2.24) is 15.2 Å². The summed E-state index contributed by atoms with van der Waals surface area (Å²) in [5.74, 6) is -4.88. The number of aromatic nitrogens is 1. The molecule has 0 spiro atoms. The summed E-state index contributed by atoms with van der Waals surface area (Å²) in [6, 6.07) is -1.09. The molecule has 182 valence electrons. The number of nitrogens with one attached hydrogen (secondary N) is 2. The number of oxime groups is 1. The van der Waals surface area contributed by atoms with Gasteiger partial charge in [-0.05, 0) is 5.41 Å². The lowest BCUT2D eigenvalue weighted by Crippen LogP contribution is -2.71. The number of carboxylic acid groups (broad SMARTS) is 1. The Morgan fingerprint density at radius 2 is 2.15 bits per heavy atom. The van der Waals surface area contributed by atoms with E-state index in [1.165, 1.54) is 17.2 Å². The minimum absolute atomic E-state index is 0.195. The van der Waals surface area contributed by atoms with Gasteiger partial charge in [-0.2, -0.15) is 13.2 Å². The second kappa shape index (κ2) is 10.1. The van der Waals surface area contributed by atoms with Gasteiger partial charge in [0, 0.05) is 16.0 Å². The minimum Gasteiger partial charge on any atom is -0.477 e. The van der Waals surface area contributed by atoms with Gasteiger partial charge in [-0.15, -0.1) is 23.1 Å². The third-order valence-corrected chi connectivity index (χ3v) is 7.28. The van der Waals surface area contributed by atoms with Crippen LogP contribution in [0.4, 0.5) is 18.3 Å². The van der Waals surface area contributed by atoms with E-state index in [-0.39, 0.29) is 17.1 Å². The van der Waals surface area contributed by atoms with Gasteiger partial charge < -0.3 is 15.3 Å². The summed E-state index contributed by atoms with van der Waals surface area (Å²) in [6.45, 7) is 3.54. The summed E-state index contributed by atoms with van der Waals surface area (Å²) in [5, 5.41) is 18.5. The SMILES string of the molecule is C=CSC1=C(C(=O)O)N2C(=O)C(NC(=O)C(=NOC)c3csc(NC(=O)C(F)(F)F)n3)[C@@H]2SC1. The number of hydrogen-bond acceptors (Lipinski definition) is 10. The van der Waals surface area contributed by atoms with Crippen LogP contribution in [0.25, 0.3) is 0 Å². The Kier molecular flexibility index (Phi) is 7.57. The molecule has 1 saturated heterocycles. The highest BCUT2D eigenvalue weighted by atomic mass is 32.2. The van der Waals surface area contributed by atoms with Crippen molar-refractivity contribution in [2.24, 2.45) is 5.16 Å². The molecule has 3 amide bonds. The number of carboxylic acids is 1. The van der Waals surface area contributed by atoms with Crippen molar-refractivity contribution in [3.63, 3.8) is 0 Å². The predicted molar refractivity (Wildman–Crippen MR) is 118 cm³/mol. The molecule has 2 atom stereocenters. The van der Waals surface area contributed by atoms with E-state index in [4.69, 9.17) is 0 Å². The average Bonchev–Trinajstić information content (AvgIpc) is 3.22. The molecule has 0 bridgehead atoms. The molecule has 0 saturated carbocycles. The Hall–Kier alpha value is -3.05. The average molecular weight is 538 g/mol. The van der Waals surface area contributed by atoms with E-state index in [9.17, 15) is 37.5 Å². The third kappa shape index (κ3) is 5.05. The highest BCUT2D eigenvalue weighted by Crippen LogP contribution is 2.43. The normalized spacial score (nSPS) is 20.3. The van der Waals surface area contributed by atoms with Crippen molar-refractivity contribution >= 4 is 69.4 Å². The number of thiazole rings is 1. The summed E-state index contributed by atoms with van der Waals surface area (Å²) in [6.07, 6.45) is -5.13. The van der Waals surface area contributed by atoms with Crippen molar-refractivity contribution in [2.45, 2.75) is 17.6 Å². The van der Waals surface area contributed by atoms with Crippen LogP contribution in [0.3, 0.4) is 0 Å². The van der Waals surface area contributed by atoms with Crippen LogP contribution >= 0.6 is 34.9 Å². The molecule has 0 radical (unpaired) electrons.